The number of H-pyrrole nitrogens is 1. The second-order valence-electron chi connectivity index (χ2n) is 3.06. The molecule has 0 saturated carbocycles. The fourth-order valence-electron chi connectivity index (χ4n) is 1.10. The molecule has 0 fully saturated rings. The van der Waals surface area contributed by atoms with Crippen LogP contribution in [0.5, 0.6) is 0 Å². The van der Waals surface area contributed by atoms with E-state index in [4.69, 9.17) is 5.73 Å². The monoisotopic (exact) mass is 205 g/mol. The van der Waals surface area contributed by atoms with E-state index in [0.717, 1.165) is 4.90 Å². The summed E-state index contributed by atoms with van der Waals surface area (Å²) in [5, 5.41) is 6.57. The number of aromatic amines is 1. The fourth-order valence-corrected chi connectivity index (χ4v) is 1.89. The number of rotatable bonds is 2. The predicted molar refractivity (Wildman–Crippen MR) is 58.3 cm³/mol. The zero-order valence-corrected chi connectivity index (χ0v) is 8.64. The molecule has 72 valence electrons. The number of nitrogen functional groups attached to an aromatic ring is 1. The molecule has 0 unspecified atom stereocenters. The van der Waals surface area contributed by atoms with Crippen molar-refractivity contribution >= 4 is 17.6 Å². The summed E-state index contributed by atoms with van der Waals surface area (Å²) in [6, 6.07) is 8.32. The molecule has 3 nitrogen and oxygen atoms in total. The van der Waals surface area contributed by atoms with Crippen LogP contribution in [0.2, 0.25) is 0 Å². The molecule has 0 bridgehead atoms. The first-order valence-corrected chi connectivity index (χ1v) is 5.11. The standard InChI is InChI=1S/C10H11N3S/c1-7-2-4-8(5-3-7)14-9-6-12-13-10(9)11/h2-6H,1H3,(H3,11,12,13). The SMILES string of the molecule is Cc1ccc(Sc2cn[nH]c2N)cc1. The van der Waals surface area contributed by atoms with Crippen LogP contribution in [0.15, 0.2) is 40.3 Å². The summed E-state index contributed by atoms with van der Waals surface area (Å²) in [7, 11) is 0. The van der Waals surface area contributed by atoms with E-state index in [1.807, 2.05) is 0 Å². The molecule has 0 amide bonds. The van der Waals surface area contributed by atoms with Crippen LogP contribution in [-0.2, 0) is 0 Å². The van der Waals surface area contributed by atoms with Crippen molar-refractivity contribution in [2.24, 2.45) is 0 Å². The minimum atomic E-state index is 0.621. The third-order valence-electron chi connectivity index (χ3n) is 1.88. The Hall–Kier alpha value is -1.42. The van der Waals surface area contributed by atoms with Crippen LogP contribution in [0, 0.1) is 6.92 Å². The van der Waals surface area contributed by atoms with Crippen LogP contribution in [0.1, 0.15) is 5.56 Å². The molecule has 0 aliphatic rings. The van der Waals surface area contributed by atoms with E-state index in [-0.39, 0.29) is 0 Å². The summed E-state index contributed by atoms with van der Waals surface area (Å²) in [5.41, 5.74) is 6.94. The molecule has 0 aliphatic carbocycles. The molecule has 3 N–H and O–H groups in total. The summed E-state index contributed by atoms with van der Waals surface area (Å²) in [5.74, 6) is 0.621. The number of hydrogen-bond acceptors (Lipinski definition) is 3. The van der Waals surface area contributed by atoms with Crippen LogP contribution in [-0.4, -0.2) is 10.2 Å². The third-order valence-corrected chi connectivity index (χ3v) is 2.93. The van der Waals surface area contributed by atoms with E-state index in [9.17, 15) is 0 Å². The van der Waals surface area contributed by atoms with Crippen LogP contribution in [0.4, 0.5) is 5.82 Å². The van der Waals surface area contributed by atoms with Gasteiger partial charge >= 0.3 is 0 Å². The van der Waals surface area contributed by atoms with Gasteiger partial charge in [-0.1, -0.05) is 29.5 Å². The summed E-state index contributed by atoms with van der Waals surface area (Å²) in [6.07, 6.45) is 1.74. The summed E-state index contributed by atoms with van der Waals surface area (Å²) in [6.45, 7) is 2.07. The lowest BCUT2D eigenvalue weighted by molar-refractivity contribution is 1.10. The Labute approximate surface area is 86.7 Å². The highest BCUT2D eigenvalue weighted by molar-refractivity contribution is 7.99. The van der Waals surface area contributed by atoms with E-state index in [2.05, 4.69) is 41.4 Å². The van der Waals surface area contributed by atoms with Gasteiger partial charge in [-0.25, -0.2) is 0 Å². The minimum Gasteiger partial charge on any atom is -0.383 e. The quantitative estimate of drug-likeness (QED) is 0.791. The van der Waals surface area contributed by atoms with Crippen molar-refractivity contribution in [1.29, 1.82) is 0 Å². The van der Waals surface area contributed by atoms with Gasteiger partial charge in [0.2, 0.25) is 0 Å². The van der Waals surface area contributed by atoms with E-state index in [1.54, 1.807) is 18.0 Å². The number of aryl methyl sites for hydroxylation is 1. The van der Waals surface area contributed by atoms with Gasteiger partial charge in [0.05, 0.1) is 11.1 Å². The number of aromatic nitrogens is 2. The Kier molecular flexibility index (Phi) is 2.45. The minimum absolute atomic E-state index is 0.621. The number of anilines is 1. The smallest absolute Gasteiger partial charge is 0.133 e. The van der Waals surface area contributed by atoms with Crippen LogP contribution in [0.25, 0.3) is 0 Å². The molecule has 0 atom stereocenters. The molecule has 0 radical (unpaired) electrons. The van der Waals surface area contributed by atoms with E-state index in [0.29, 0.717) is 5.82 Å². The van der Waals surface area contributed by atoms with Crippen molar-refractivity contribution in [3.63, 3.8) is 0 Å². The second kappa shape index (κ2) is 3.75. The van der Waals surface area contributed by atoms with Gasteiger partial charge in [0, 0.05) is 4.90 Å². The largest absolute Gasteiger partial charge is 0.383 e. The number of hydrogen-bond donors (Lipinski definition) is 2. The highest BCUT2D eigenvalue weighted by Crippen LogP contribution is 2.30. The molecule has 14 heavy (non-hydrogen) atoms. The molecule has 1 aromatic heterocycles. The average Bonchev–Trinajstić information content (AvgIpc) is 2.56. The maximum Gasteiger partial charge on any atom is 0.133 e. The fraction of sp³-hybridized carbons (Fsp3) is 0.100. The summed E-state index contributed by atoms with van der Waals surface area (Å²) >= 11 is 1.61. The Morgan fingerprint density at radius 2 is 2.00 bits per heavy atom. The van der Waals surface area contributed by atoms with Crippen molar-refractivity contribution in [3.05, 3.63) is 36.0 Å². The van der Waals surface area contributed by atoms with Gasteiger partial charge < -0.3 is 5.73 Å². The maximum absolute atomic E-state index is 5.68. The first-order chi connectivity index (χ1) is 6.75. The van der Waals surface area contributed by atoms with Crippen molar-refractivity contribution in [2.75, 3.05) is 5.73 Å². The lowest BCUT2D eigenvalue weighted by atomic mass is 10.2. The first-order valence-electron chi connectivity index (χ1n) is 4.29. The Morgan fingerprint density at radius 3 is 2.57 bits per heavy atom. The molecule has 0 saturated heterocycles. The molecular formula is C10H11N3S. The maximum atomic E-state index is 5.68. The zero-order chi connectivity index (χ0) is 9.97. The lowest BCUT2D eigenvalue weighted by Crippen LogP contribution is -1.85. The highest BCUT2D eigenvalue weighted by Gasteiger charge is 2.02. The Morgan fingerprint density at radius 1 is 1.29 bits per heavy atom. The van der Waals surface area contributed by atoms with E-state index in [1.165, 1.54) is 10.5 Å². The molecule has 1 aromatic carbocycles. The molecule has 2 aromatic rings. The van der Waals surface area contributed by atoms with E-state index >= 15 is 0 Å². The van der Waals surface area contributed by atoms with Crippen LogP contribution in [0.3, 0.4) is 0 Å². The number of nitrogens with one attached hydrogen (secondary N) is 1. The molecule has 1 heterocycles. The highest BCUT2D eigenvalue weighted by atomic mass is 32.2. The Balaban J connectivity index is 2.19. The average molecular weight is 205 g/mol. The molecule has 0 spiro atoms. The second-order valence-corrected chi connectivity index (χ2v) is 4.18. The van der Waals surface area contributed by atoms with Gasteiger partial charge in [-0.2, -0.15) is 5.10 Å². The number of nitrogens with two attached hydrogens (primary N) is 1. The number of benzene rings is 1. The summed E-state index contributed by atoms with van der Waals surface area (Å²) in [4.78, 5) is 2.14. The zero-order valence-electron chi connectivity index (χ0n) is 7.82. The topological polar surface area (TPSA) is 54.7 Å². The molecular weight excluding hydrogens is 194 g/mol. The number of nitrogens with zero attached hydrogens (tertiary/aromatic N) is 1. The van der Waals surface area contributed by atoms with Crippen LogP contribution >= 0.6 is 11.8 Å². The lowest BCUT2D eigenvalue weighted by Gasteiger charge is -1.99. The molecule has 2 rings (SSSR count). The van der Waals surface area contributed by atoms with Crippen LogP contribution < -0.4 is 5.73 Å². The van der Waals surface area contributed by atoms with E-state index < -0.39 is 0 Å². The van der Waals surface area contributed by atoms with Gasteiger partial charge in [-0.15, -0.1) is 0 Å². The third kappa shape index (κ3) is 1.90. The van der Waals surface area contributed by atoms with Gasteiger partial charge in [-0.05, 0) is 19.1 Å². The predicted octanol–water partition coefficient (Wildman–Crippen LogP) is 2.45. The van der Waals surface area contributed by atoms with Gasteiger partial charge in [-0.3, -0.25) is 5.10 Å². The Bertz CT molecular complexity index is 419. The normalized spacial score (nSPS) is 10.4. The summed E-state index contributed by atoms with van der Waals surface area (Å²) < 4.78 is 0. The van der Waals surface area contributed by atoms with Gasteiger partial charge in [0.15, 0.2) is 0 Å². The molecule has 0 aliphatic heterocycles. The van der Waals surface area contributed by atoms with Gasteiger partial charge in [0.1, 0.15) is 5.82 Å². The van der Waals surface area contributed by atoms with Crippen molar-refractivity contribution < 1.29 is 0 Å². The first kappa shape index (κ1) is 9.15. The van der Waals surface area contributed by atoms with Crippen molar-refractivity contribution in [3.8, 4) is 0 Å². The molecule has 4 heteroatoms. The van der Waals surface area contributed by atoms with Crippen molar-refractivity contribution in [2.45, 2.75) is 16.7 Å². The van der Waals surface area contributed by atoms with Crippen molar-refractivity contribution in [1.82, 2.24) is 10.2 Å². The van der Waals surface area contributed by atoms with Gasteiger partial charge in [0.25, 0.3) is 0 Å².